The van der Waals surface area contributed by atoms with Crippen LogP contribution in [0.1, 0.15) is 6.92 Å². The van der Waals surface area contributed by atoms with Crippen molar-refractivity contribution in [3.8, 4) is 0 Å². The van der Waals surface area contributed by atoms with Gasteiger partial charge < -0.3 is 9.73 Å². The lowest BCUT2D eigenvalue weighted by Crippen LogP contribution is -2.15. The molecule has 1 aromatic heterocycles. The molecule has 0 saturated heterocycles. The Morgan fingerprint density at radius 2 is 2.06 bits per heavy atom. The molecule has 0 fully saturated rings. The van der Waals surface area contributed by atoms with E-state index in [1.54, 1.807) is 18.2 Å². The zero-order valence-corrected chi connectivity index (χ0v) is 10.00. The molecule has 0 unspecified atom stereocenters. The highest BCUT2D eigenvalue weighted by Crippen LogP contribution is 2.28. The first kappa shape index (κ1) is 10.9. The molecule has 2 rings (SSSR count). The monoisotopic (exact) mass is 281 g/mol. The summed E-state index contributed by atoms with van der Waals surface area (Å²) in [6.45, 7) is 1.33. The van der Waals surface area contributed by atoms with Crippen LogP contribution in [0.5, 0.6) is 0 Å². The number of anilines is 1. The largest absolute Gasteiger partial charge is 0.421 e. The van der Waals surface area contributed by atoms with Crippen LogP contribution in [-0.2, 0) is 4.79 Å². The van der Waals surface area contributed by atoms with E-state index in [1.807, 2.05) is 6.07 Å². The Balaban J connectivity index is 2.75. The summed E-state index contributed by atoms with van der Waals surface area (Å²) in [5.74, 6) is -0.316. The third-order valence-corrected chi connectivity index (χ3v) is 2.87. The van der Waals surface area contributed by atoms with Crippen LogP contribution in [-0.4, -0.2) is 5.91 Å². The number of halogens is 1. The molecule has 0 radical (unpaired) electrons. The molecule has 82 valence electrons. The normalized spacial score (nSPS) is 10.4. The van der Waals surface area contributed by atoms with E-state index in [0.29, 0.717) is 10.1 Å². The predicted molar refractivity (Wildman–Crippen MR) is 64.5 cm³/mol. The summed E-state index contributed by atoms with van der Waals surface area (Å²) in [6.07, 6.45) is 0. The number of hydrogen-bond donors (Lipinski definition) is 1. The number of fused-ring (bicyclic) bond motifs is 1. The number of carbonyl (C=O) groups is 1. The average Bonchev–Trinajstić information content (AvgIpc) is 2.24. The number of para-hydroxylation sites is 1. The molecule has 1 amide bonds. The Morgan fingerprint density at radius 1 is 1.38 bits per heavy atom. The van der Waals surface area contributed by atoms with E-state index >= 15 is 0 Å². The second kappa shape index (κ2) is 4.09. The summed E-state index contributed by atoms with van der Waals surface area (Å²) in [4.78, 5) is 22.5. The van der Waals surface area contributed by atoms with Gasteiger partial charge in [-0.25, -0.2) is 4.79 Å². The van der Waals surface area contributed by atoms with Crippen LogP contribution >= 0.6 is 15.9 Å². The highest BCUT2D eigenvalue weighted by molar-refractivity contribution is 9.10. The third-order valence-electron chi connectivity index (χ3n) is 2.05. The van der Waals surface area contributed by atoms with Gasteiger partial charge in [-0.15, -0.1) is 0 Å². The lowest BCUT2D eigenvalue weighted by atomic mass is 10.2. The van der Waals surface area contributed by atoms with Crippen LogP contribution in [0.4, 0.5) is 5.69 Å². The quantitative estimate of drug-likeness (QED) is 0.817. The van der Waals surface area contributed by atoms with Crippen molar-refractivity contribution in [1.29, 1.82) is 0 Å². The summed E-state index contributed by atoms with van der Waals surface area (Å²) in [5.41, 5.74) is 0.0421. The van der Waals surface area contributed by atoms with Gasteiger partial charge in [0.15, 0.2) is 0 Å². The fourth-order valence-electron chi connectivity index (χ4n) is 1.39. The standard InChI is InChI=1S/C11H8BrNO3/c1-6(14)13-10-9(12)7-4-2-3-5-8(7)16-11(10)15/h2-5H,1H3,(H,13,14). The molecular weight excluding hydrogens is 274 g/mol. The molecule has 2 aromatic rings. The van der Waals surface area contributed by atoms with Gasteiger partial charge in [-0.3, -0.25) is 4.79 Å². The second-order valence-corrected chi connectivity index (χ2v) is 4.05. The molecular formula is C11H8BrNO3. The molecule has 4 nitrogen and oxygen atoms in total. The molecule has 1 heterocycles. The molecule has 0 saturated carbocycles. The van der Waals surface area contributed by atoms with Crippen LogP contribution in [0, 0.1) is 0 Å². The van der Waals surface area contributed by atoms with Crippen molar-refractivity contribution >= 4 is 38.5 Å². The first-order valence-electron chi connectivity index (χ1n) is 4.58. The highest BCUT2D eigenvalue weighted by Gasteiger charge is 2.12. The zero-order valence-electron chi connectivity index (χ0n) is 8.41. The molecule has 0 atom stereocenters. The van der Waals surface area contributed by atoms with E-state index in [1.165, 1.54) is 6.92 Å². The smallest absolute Gasteiger partial charge is 0.361 e. The topological polar surface area (TPSA) is 59.3 Å². The summed E-state index contributed by atoms with van der Waals surface area (Å²) < 4.78 is 5.61. The second-order valence-electron chi connectivity index (χ2n) is 3.26. The minimum absolute atomic E-state index is 0.131. The molecule has 1 aromatic carbocycles. The van der Waals surface area contributed by atoms with E-state index in [4.69, 9.17) is 4.42 Å². The van der Waals surface area contributed by atoms with Crippen LogP contribution in [0.15, 0.2) is 37.9 Å². The number of amides is 1. The van der Waals surface area contributed by atoms with Crippen LogP contribution in [0.25, 0.3) is 11.0 Å². The molecule has 1 N–H and O–H groups in total. The van der Waals surface area contributed by atoms with Gasteiger partial charge in [0.2, 0.25) is 5.91 Å². The van der Waals surface area contributed by atoms with Crippen molar-refractivity contribution in [1.82, 2.24) is 0 Å². The van der Waals surface area contributed by atoms with Crippen molar-refractivity contribution in [2.24, 2.45) is 0 Å². The number of nitrogens with one attached hydrogen (secondary N) is 1. The van der Waals surface area contributed by atoms with Crippen molar-refractivity contribution < 1.29 is 9.21 Å². The Hall–Kier alpha value is -1.62. The molecule has 5 heteroatoms. The van der Waals surface area contributed by atoms with E-state index < -0.39 is 5.63 Å². The van der Waals surface area contributed by atoms with Crippen LogP contribution < -0.4 is 10.9 Å². The lowest BCUT2D eigenvalue weighted by Gasteiger charge is -2.05. The van der Waals surface area contributed by atoms with Crippen molar-refractivity contribution in [3.63, 3.8) is 0 Å². The molecule has 0 aliphatic carbocycles. The Kier molecular flexibility index (Phi) is 2.78. The van der Waals surface area contributed by atoms with Gasteiger partial charge in [-0.05, 0) is 22.0 Å². The molecule has 0 spiro atoms. The Morgan fingerprint density at radius 3 is 2.75 bits per heavy atom. The fourth-order valence-corrected chi connectivity index (χ4v) is 1.98. The van der Waals surface area contributed by atoms with Crippen LogP contribution in [0.3, 0.4) is 0 Å². The Bertz CT molecular complexity index is 618. The van der Waals surface area contributed by atoms with Gasteiger partial charge in [0.25, 0.3) is 0 Å². The molecule has 16 heavy (non-hydrogen) atoms. The van der Waals surface area contributed by atoms with Gasteiger partial charge in [0.05, 0.1) is 4.47 Å². The molecule has 0 aliphatic rings. The van der Waals surface area contributed by atoms with Gasteiger partial charge in [0, 0.05) is 12.3 Å². The van der Waals surface area contributed by atoms with Gasteiger partial charge in [-0.2, -0.15) is 0 Å². The predicted octanol–water partition coefficient (Wildman–Crippen LogP) is 2.51. The van der Waals surface area contributed by atoms with Crippen LogP contribution in [0.2, 0.25) is 0 Å². The molecule has 0 aliphatic heterocycles. The van der Waals surface area contributed by atoms with Crippen molar-refractivity contribution in [2.75, 3.05) is 5.32 Å². The van der Waals surface area contributed by atoms with Gasteiger partial charge in [-0.1, -0.05) is 18.2 Å². The van der Waals surface area contributed by atoms with Crippen molar-refractivity contribution in [3.05, 3.63) is 39.2 Å². The molecule has 0 bridgehead atoms. The summed E-state index contributed by atoms with van der Waals surface area (Å²) in [6, 6.07) is 7.09. The summed E-state index contributed by atoms with van der Waals surface area (Å²) in [5, 5.41) is 3.18. The maximum Gasteiger partial charge on any atom is 0.361 e. The number of benzene rings is 1. The SMILES string of the molecule is CC(=O)Nc1c(Br)c2ccccc2oc1=O. The van der Waals surface area contributed by atoms with Gasteiger partial charge >= 0.3 is 5.63 Å². The summed E-state index contributed by atoms with van der Waals surface area (Å²) in [7, 11) is 0. The third kappa shape index (κ3) is 1.86. The maximum absolute atomic E-state index is 11.6. The lowest BCUT2D eigenvalue weighted by molar-refractivity contribution is -0.114. The first-order chi connectivity index (χ1) is 7.59. The van der Waals surface area contributed by atoms with E-state index in [-0.39, 0.29) is 11.6 Å². The first-order valence-corrected chi connectivity index (χ1v) is 5.38. The number of rotatable bonds is 1. The summed E-state index contributed by atoms with van der Waals surface area (Å²) >= 11 is 3.29. The minimum atomic E-state index is -0.569. The average molecular weight is 282 g/mol. The van der Waals surface area contributed by atoms with E-state index in [2.05, 4.69) is 21.2 Å². The van der Waals surface area contributed by atoms with Gasteiger partial charge in [0.1, 0.15) is 11.3 Å². The Labute approximate surface area is 99.4 Å². The number of carbonyl (C=O) groups excluding carboxylic acids is 1. The number of hydrogen-bond acceptors (Lipinski definition) is 3. The minimum Gasteiger partial charge on any atom is -0.421 e. The zero-order chi connectivity index (χ0) is 11.7. The maximum atomic E-state index is 11.6. The van der Waals surface area contributed by atoms with E-state index in [9.17, 15) is 9.59 Å². The highest BCUT2D eigenvalue weighted by atomic mass is 79.9. The fraction of sp³-hybridized carbons (Fsp3) is 0.0909. The van der Waals surface area contributed by atoms with Crippen molar-refractivity contribution in [2.45, 2.75) is 6.92 Å². The van der Waals surface area contributed by atoms with E-state index in [0.717, 1.165) is 5.39 Å².